The second kappa shape index (κ2) is 11.5. The Kier molecular flexibility index (Phi) is 8.03. The fourth-order valence-electron chi connectivity index (χ4n) is 5.88. The van der Waals surface area contributed by atoms with E-state index in [9.17, 15) is 10.1 Å². The lowest BCUT2D eigenvalue weighted by Gasteiger charge is -2.53. The number of amides is 1. The maximum Gasteiger partial charge on any atom is 0.266 e. The van der Waals surface area contributed by atoms with Crippen molar-refractivity contribution in [2.45, 2.75) is 57.7 Å². The van der Waals surface area contributed by atoms with Crippen LogP contribution in [0.2, 0.25) is 0 Å². The molecule has 1 aromatic carbocycles. The van der Waals surface area contributed by atoms with E-state index < -0.39 is 0 Å². The highest BCUT2D eigenvalue weighted by molar-refractivity contribution is 5.97. The number of ether oxygens (including phenoxy) is 2. The second-order valence-corrected chi connectivity index (χ2v) is 12.1. The van der Waals surface area contributed by atoms with Crippen LogP contribution in [0.5, 0.6) is 5.75 Å². The number of aromatic nitrogens is 3. The van der Waals surface area contributed by atoms with E-state index in [0.29, 0.717) is 47.7 Å². The van der Waals surface area contributed by atoms with Gasteiger partial charge in [0, 0.05) is 42.1 Å². The second-order valence-electron chi connectivity index (χ2n) is 12.1. The van der Waals surface area contributed by atoms with E-state index in [1.165, 1.54) is 0 Å². The summed E-state index contributed by atoms with van der Waals surface area (Å²) in [5, 5.41) is 16.5. The average Bonchev–Trinajstić information content (AvgIpc) is 2.95. The monoisotopic (exact) mass is 570 g/mol. The molecule has 1 amide bonds. The molecule has 0 aliphatic carbocycles. The van der Waals surface area contributed by atoms with Gasteiger partial charge in [0.05, 0.1) is 36.7 Å². The van der Waals surface area contributed by atoms with Crippen molar-refractivity contribution in [2.24, 2.45) is 0 Å². The van der Waals surface area contributed by atoms with Crippen molar-refractivity contribution < 1.29 is 14.3 Å². The van der Waals surface area contributed by atoms with Crippen LogP contribution in [0.3, 0.4) is 0 Å². The van der Waals surface area contributed by atoms with E-state index >= 15 is 0 Å². The third-order valence-electron chi connectivity index (χ3n) is 8.26. The first kappa shape index (κ1) is 29.2. The molecule has 0 spiro atoms. The first-order valence-corrected chi connectivity index (χ1v) is 14.1. The van der Waals surface area contributed by atoms with Crippen LogP contribution in [0.15, 0.2) is 42.7 Å². The number of rotatable bonds is 8. The summed E-state index contributed by atoms with van der Waals surface area (Å²) in [4.78, 5) is 30.4. The minimum absolute atomic E-state index is 0.0122. The zero-order valence-corrected chi connectivity index (χ0v) is 25.1. The van der Waals surface area contributed by atoms with Crippen LogP contribution in [-0.2, 0) is 9.53 Å². The molecule has 11 nitrogen and oxygen atoms in total. The number of fused-ring (bicyclic) bond motifs is 1. The Balaban J connectivity index is 1.46. The van der Waals surface area contributed by atoms with Crippen LogP contribution in [0.4, 0.5) is 23.3 Å². The summed E-state index contributed by atoms with van der Waals surface area (Å²) in [7, 11) is 3.78. The Morgan fingerprint density at radius 2 is 1.90 bits per heavy atom. The van der Waals surface area contributed by atoms with Gasteiger partial charge in [0.25, 0.3) is 5.91 Å². The molecule has 0 unspecified atom stereocenters. The molecule has 220 valence electrons. The van der Waals surface area contributed by atoms with Crippen LogP contribution in [0.1, 0.15) is 46.1 Å². The van der Waals surface area contributed by atoms with Gasteiger partial charge in [-0.05, 0) is 65.3 Å². The lowest BCUT2D eigenvalue weighted by atomic mass is 9.77. The van der Waals surface area contributed by atoms with E-state index in [4.69, 9.17) is 14.5 Å². The van der Waals surface area contributed by atoms with E-state index in [1.807, 2.05) is 18.2 Å². The third kappa shape index (κ3) is 6.00. The topological polar surface area (TPSA) is 129 Å². The van der Waals surface area contributed by atoms with Crippen LogP contribution >= 0.6 is 0 Å². The lowest BCUT2D eigenvalue weighted by molar-refractivity contribution is -0.121. The van der Waals surface area contributed by atoms with Crippen molar-refractivity contribution in [1.82, 2.24) is 19.9 Å². The molecule has 1 fully saturated rings. The molecule has 2 N–H and O–H groups in total. The fourth-order valence-corrected chi connectivity index (χ4v) is 5.88. The number of piperidine rings is 1. The van der Waals surface area contributed by atoms with Crippen LogP contribution < -0.4 is 20.3 Å². The van der Waals surface area contributed by atoms with Gasteiger partial charge in [-0.2, -0.15) is 10.2 Å². The average molecular weight is 571 g/mol. The Hall–Kier alpha value is -4.27. The lowest BCUT2D eigenvalue weighted by Crippen LogP contribution is -2.61. The standard InChI is InChI=1S/C31H38N8O3/c1-30(2)14-23(15-31(3,4)38(30)5)35-27-24(21-9-7-8-20(12-21)16-32)18-34-29(37-27)36-22-13-25-28(33-17-22)39(10-11-41-6)26(40)19-42-25/h7-9,12-13,17-18,23H,10-11,14-15,19H2,1-6H3,(H2,34,35,36,37). The molecule has 4 heterocycles. The molecule has 0 bridgehead atoms. The van der Waals surface area contributed by atoms with Gasteiger partial charge < -0.3 is 20.1 Å². The summed E-state index contributed by atoms with van der Waals surface area (Å²) >= 11 is 0. The van der Waals surface area contributed by atoms with Gasteiger partial charge in [-0.15, -0.1) is 0 Å². The molecule has 11 heteroatoms. The molecule has 3 aromatic rings. The number of carbonyl (C=O) groups is 1. The predicted octanol–water partition coefficient (Wildman–Crippen LogP) is 4.59. The van der Waals surface area contributed by atoms with Crippen LogP contribution in [0, 0.1) is 11.3 Å². The molecule has 2 aliphatic heterocycles. The molecule has 5 rings (SSSR count). The number of carbonyl (C=O) groups excluding carboxylic acids is 1. The number of nitrogens with zero attached hydrogens (tertiary/aromatic N) is 6. The SMILES string of the molecule is COCCN1C(=O)COc2cc(Nc3ncc(-c4cccc(C#N)c4)c(NC4CC(C)(C)N(C)C(C)(C)C4)n3)cnc21. The Morgan fingerprint density at radius 3 is 2.62 bits per heavy atom. The number of nitrogens with one attached hydrogen (secondary N) is 2. The molecule has 2 aliphatic rings. The van der Waals surface area contributed by atoms with Gasteiger partial charge >= 0.3 is 0 Å². The van der Waals surface area contributed by atoms with Crippen molar-refractivity contribution in [2.75, 3.05) is 49.4 Å². The first-order valence-electron chi connectivity index (χ1n) is 14.1. The van der Waals surface area contributed by atoms with Gasteiger partial charge in [0.1, 0.15) is 5.82 Å². The molecular formula is C31H38N8O3. The first-order chi connectivity index (χ1) is 20.0. The van der Waals surface area contributed by atoms with E-state index in [-0.39, 0.29) is 29.6 Å². The fraction of sp³-hybridized carbons (Fsp3) is 0.452. The molecule has 0 radical (unpaired) electrons. The summed E-state index contributed by atoms with van der Waals surface area (Å²) in [6, 6.07) is 11.6. The number of likely N-dealkylation sites (tertiary alicyclic amines) is 1. The number of benzene rings is 1. The van der Waals surface area contributed by atoms with Gasteiger partial charge in [-0.3, -0.25) is 14.6 Å². The highest BCUT2D eigenvalue weighted by Gasteiger charge is 2.43. The highest BCUT2D eigenvalue weighted by Crippen LogP contribution is 2.39. The Labute approximate surface area is 246 Å². The maximum absolute atomic E-state index is 12.4. The molecule has 1 saturated heterocycles. The van der Waals surface area contributed by atoms with Gasteiger partial charge in [-0.25, -0.2) is 9.97 Å². The number of anilines is 4. The maximum atomic E-state index is 12.4. The van der Waals surface area contributed by atoms with Gasteiger partial charge in [0.15, 0.2) is 18.2 Å². The van der Waals surface area contributed by atoms with Crippen molar-refractivity contribution in [1.29, 1.82) is 5.26 Å². The number of nitriles is 1. The van der Waals surface area contributed by atoms with Crippen molar-refractivity contribution in [3.8, 4) is 22.9 Å². The summed E-state index contributed by atoms with van der Waals surface area (Å²) < 4.78 is 10.8. The summed E-state index contributed by atoms with van der Waals surface area (Å²) in [6.45, 7) is 9.79. The van der Waals surface area contributed by atoms with Crippen molar-refractivity contribution >= 4 is 29.2 Å². The molecule has 42 heavy (non-hydrogen) atoms. The van der Waals surface area contributed by atoms with Crippen molar-refractivity contribution in [3.05, 3.63) is 48.3 Å². The van der Waals surface area contributed by atoms with Gasteiger partial charge in [0.2, 0.25) is 5.95 Å². The summed E-state index contributed by atoms with van der Waals surface area (Å²) in [5.41, 5.74) is 2.84. The molecular weight excluding hydrogens is 532 g/mol. The summed E-state index contributed by atoms with van der Waals surface area (Å²) in [5.74, 6) is 1.85. The van der Waals surface area contributed by atoms with E-state index in [1.54, 1.807) is 36.5 Å². The molecule has 0 atom stereocenters. The zero-order valence-electron chi connectivity index (χ0n) is 25.1. The third-order valence-corrected chi connectivity index (χ3v) is 8.26. The number of hydrogen-bond acceptors (Lipinski definition) is 10. The minimum Gasteiger partial charge on any atom is -0.480 e. The predicted molar refractivity (Wildman–Crippen MR) is 162 cm³/mol. The zero-order chi connectivity index (χ0) is 30.1. The van der Waals surface area contributed by atoms with Crippen LogP contribution in [0.25, 0.3) is 11.1 Å². The largest absolute Gasteiger partial charge is 0.480 e. The molecule has 0 saturated carbocycles. The summed E-state index contributed by atoms with van der Waals surface area (Å²) in [6.07, 6.45) is 5.26. The smallest absolute Gasteiger partial charge is 0.266 e. The van der Waals surface area contributed by atoms with Crippen LogP contribution in [-0.4, -0.2) is 76.8 Å². The Bertz CT molecular complexity index is 1500. The number of methoxy groups -OCH3 is 1. The van der Waals surface area contributed by atoms with Crippen molar-refractivity contribution in [3.63, 3.8) is 0 Å². The highest BCUT2D eigenvalue weighted by atomic mass is 16.5. The Morgan fingerprint density at radius 1 is 1.14 bits per heavy atom. The number of pyridine rings is 1. The normalized spacial score (nSPS) is 18.1. The molecule has 2 aromatic heterocycles. The quantitative estimate of drug-likeness (QED) is 0.397. The van der Waals surface area contributed by atoms with Gasteiger partial charge in [-0.1, -0.05) is 12.1 Å². The van der Waals surface area contributed by atoms with E-state index in [2.05, 4.69) is 66.3 Å². The number of hydrogen-bond donors (Lipinski definition) is 2. The van der Waals surface area contributed by atoms with E-state index in [0.717, 1.165) is 24.0 Å². The minimum atomic E-state index is -0.164.